The molecule has 15 heavy (non-hydrogen) atoms. The van der Waals surface area contributed by atoms with Crippen molar-refractivity contribution >= 4 is 11.8 Å². The molecular formula is C9H15N5O. The lowest BCUT2D eigenvalue weighted by Gasteiger charge is -2.17. The molecule has 0 radical (unpaired) electrons. The van der Waals surface area contributed by atoms with Crippen molar-refractivity contribution < 1.29 is 4.74 Å². The summed E-state index contributed by atoms with van der Waals surface area (Å²) in [5, 5.41) is 0. The molecule has 1 unspecified atom stereocenters. The Morgan fingerprint density at radius 1 is 1.67 bits per heavy atom. The second kappa shape index (κ2) is 4.41. The summed E-state index contributed by atoms with van der Waals surface area (Å²) in [5.74, 6) is 6.58. The first-order chi connectivity index (χ1) is 7.33. The number of nitrogens with one attached hydrogen (secondary N) is 1. The molecule has 1 fully saturated rings. The van der Waals surface area contributed by atoms with Crippen LogP contribution in [0.1, 0.15) is 6.42 Å². The van der Waals surface area contributed by atoms with E-state index in [0.717, 1.165) is 25.3 Å². The number of rotatable bonds is 3. The number of nitrogens with zero attached hydrogens (tertiary/aromatic N) is 3. The second-order valence-electron chi connectivity index (χ2n) is 3.48. The lowest BCUT2D eigenvalue weighted by Crippen LogP contribution is -2.23. The molecule has 1 atom stereocenters. The predicted molar refractivity (Wildman–Crippen MR) is 57.5 cm³/mol. The first kappa shape index (κ1) is 10.1. The van der Waals surface area contributed by atoms with Crippen molar-refractivity contribution in [1.29, 1.82) is 0 Å². The summed E-state index contributed by atoms with van der Waals surface area (Å²) in [7, 11) is 1.74. The standard InChI is InChI=1S/C9H15N5O/c1-15-7-3-5-14(6-7)8-2-4-11-9(12-8)13-10/h2,4,7H,3,5-6,10H2,1H3,(H,11,12,13). The van der Waals surface area contributed by atoms with Gasteiger partial charge in [0, 0.05) is 26.4 Å². The molecule has 6 heteroatoms. The number of nitrogen functional groups attached to an aromatic ring is 1. The van der Waals surface area contributed by atoms with Crippen LogP contribution in [0.25, 0.3) is 0 Å². The number of hydrogen-bond donors (Lipinski definition) is 2. The Morgan fingerprint density at radius 2 is 2.53 bits per heavy atom. The summed E-state index contributed by atoms with van der Waals surface area (Å²) in [5.41, 5.74) is 2.44. The van der Waals surface area contributed by atoms with Crippen LogP contribution in [0.15, 0.2) is 12.3 Å². The highest BCUT2D eigenvalue weighted by Gasteiger charge is 2.23. The summed E-state index contributed by atoms with van der Waals surface area (Å²) >= 11 is 0. The molecule has 0 saturated carbocycles. The van der Waals surface area contributed by atoms with Crippen molar-refractivity contribution in [3.05, 3.63) is 12.3 Å². The third-order valence-corrected chi connectivity index (χ3v) is 2.57. The van der Waals surface area contributed by atoms with E-state index in [1.54, 1.807) is 13.3 Å². The maximum Gasteiger partial charge on any atom is 0.239 e. The van der Waals surface area contributed by atoms with Gasteiger partial charge in [-0.05, 0) is 12.5 Å². The molecule has 0 amide bonds. The zero-order chi connectivity index (χ0) is 10.7. The fourth-order valence-corrected chi connectivity index (χ4v) is 1.72. The summed E-state index contributed by atoms with van der Waals surface area (Å²) in [4.78, 5) is 10.4. The smallest absolute Gasteiger partial charge is 0.239 e. The van der Waals surface area contributed by atoms with Crippen LogP contribution in [-0.4, -0.2) is 36.3 Å². The molecule has 2 rings (SSSR count). The van der Waals surface area contributed by atoms with Gasteiger partial charge in [-0.25, -0.2) is 10.8 Å². The first-order valence-electron chi connectivity index (χ1n) is 4.91. The average Bonchev–Trinajstić information content (AvgIpc) is 2.78. The van der Waals surface area contributed by atoms with Gasteiger partial charge in [0.15, 0.2) is 0 Å². The Balaban J connectivity index is 2.09. The van der Waals surface area contributed by atoms with Crippen LogP contribution in [0.2, 0.25) is 0 Å². The van der Waals surface area contributed by atoms with E-state index in [4.69, 9.17) is 10.6 Å². The van der Waals surface area contributed by atoms with E-state index in [2.05, 4.69) is 20.3 Å². The van der Waals surface area contributed by atoms with E-state index < -0.39 is 0 Å². The summed E-state index contributed by atoms with van der Waals surface area (Å²) in [6, 6.07) is 1.87. The van der Waals surface area contributed by atoms with Gasteiger partial charge in [0.25, 0.3) is 0 Å². The maximum atomic E-state index is 5.29. The van der Waals surface area contributed by atoms with Crippen molar-refractivity contribution in [2.24, 2.45) is 5.84 Å². The largest absolute Gasteiger partial charge is 0.380 e. The van der Waals surface area contributed by atoms with Gasteiger partial charge in [0.2, 0.25) is 5.95 Å². The summed E-state index contributed by atoms with van der Waals surface area (Å²) < 4.78 is 5.29. The molecule has 1 aromatic rings. The summed E-state index contributed by atoms with van der Waals surface area (Å²) in [6.45, 7) is 1.83. The molecule has 6 nitrogen and oxygen atoms in total. The van der Waals surface area contributed by atoms with Crippen molar-refractivity contribution in [3.8, 4) is 0 Å². The molecule has 1 aliphatic rings. The summed E-state index contributed by atoms with van der Waals surface area (Å²) in [6.07, 6.45) is 3.03. The number of nitrogens with two attached hydrogens (primary N) is 1. The maximum absolute atomic E-state index is 5.29. The van der Waals surface area contributed by atoms with Crippen molar-refractivity contribution in [2.75, 3.05) is 30.5 Å². The second-order valence-corrected chi connectivity index (χ2v) is 3.48. The molecule has 0 bridgehead atoms. The van der Waals surface area contributed by atoms with Gasteiger partial charge < -0.3 is 9.64 Å². The number of hydrogen-bond acceptors (Lipinski definition) is 6. The molecular weight excluding hydrogens is 194 g/mol. The van der Waals surface area contributed by atoms with E-state index in [1.165, 1.54) is 0 Å². The van der Waals surface area contributed by atoms with Gasteiger partial charge in [-0.2, -0.15) is 4.98 Å². The van der Waals surface area contributed by atoms with Gasteiger partial charge in [0.1, 0.15) is 5.82 Å². The van der Waals surface area contributed by atoms with E-state index in [-0.39, 0.29) is 0 Å². The number of hydrazine groups is 1. The molecule has 1 aromatic heterocycles. The lowest BCUT2D eigenvalue weighted by molar-refractivity contribution is 0.121. The van der Waals surface area contributed by atoms with Crippen LogP contribution in [0.4, 0.5) is 11.8 Å². The topological polar surface area (TPSA) is 76.3 Å². The molecule has 0 aliphatic carbocycles. The third kappa shape index (κ3) is 2.16. The Labute approximate surface area is 88.4 Å². The Morgan fingerprint density at radius 3 is 3.20 bits per heavy atom. The Bertz CT molecular complexity index is 332. The minimum absolute atomic E-state index is 0.300. The monoisotopic (exact) mass is 209 g/mol. The first-order valence-corrected chi connectivity index (χ1v) is 4.91. The normalized spacial score (nSPS) is 20.7. The highest BCUT2D eigenvalue weighted by atomic mass is 16.5. The number of anilines is 2. The molecule has 1 saturated heterocycles. The van der Waals surface area contributed by atoms with Crippen LogP contribution >= 0.6 is 0 Å². The van der Waals surface area contributed by atoms with Crippen molar-refractivity contribution in [1.82, 2.24) is 9.97 Å². The van der Waals surface area contributed by atoms with Gasteiger partial charge in [-0.3, -0.25) is 5.43 Å². The van der Waals surface area contributed by atoms with Gasteiger partial charge in [-0.15, -0.1) is 0 Å². The van der Waals surface area contributed by atoms with Gasteiger partial charge in [-0.1, -0.05) is 0 Å². The molecule has 2 heterocycles. The van der Waals surface area contributed by atoms with Gasteiger partial charge in [0.05, 0.1) is 6.10 Å². The fourth-order valence-electron chi connectivity index (χ4n) is 1.72. The van der Waals surface area contributed by atoms with Crippen LogP contribution in [0.5, 0.6) is 0 Å². The molecule has 82 valence electrons. The number of aromatic nitrogens is 2. The van der Waals surface area contributed by atoms with Crippen molar-refractivity contribution in [3.63, 3.8) is 0 Å². The minimum atomic E-state index is 0.300. The van der Waals surface area contributed by atoms with E-state index in [1.807, 2.05) is 6.07 Å². The van der Waals surface area contributed by atoms with E-state index in [0.29, 0.717) is 12.1 Å². The Hall–Kier alpha value is -1.40. The van der Waals surface area contributed by atoms with Crippen LogP contribution in [-0.2, 0) is 4.74 Å². The molecule has 1 aliphatic heterocycles. The molecule has 0 aromatic carbocycles. The predicted octanol–water partition coefficient (Wildman–Crippen LogP) is -0.0127. The van der Waals surface area contributed by atoms with Crippen LogP contribution < -0.4 is 16.2 Å². The van der Waals surface area contributed by atoms with Gasteiger partial charge >= 0.3 is 0 Å². The lowest BCUT2D eigenvalue weighted by atomic mass is 10.3. The number of ether oxygens (including phenoxy) is 1. The van der Waals surface area contributed by atoms with Crippen LogP contribution in [0.3, 0.4) is 0 Å². The molecule has 0 spiro atoms. The number of methoxy groups -OCH3 is 1. The average molecular weight is 209 g/mol. The van der Waals surface area contributed by atoms with E-state index >= 15 is 0 Å². The zero-order valence-corrected chi connectivity index (χ0v) is 8.68. The Kier molecular flexibility index (Phi) is 2.98. The minimum Gasteiger partial charge on any atom is -0.380 e. The third-order valence-electron chi connectivity index (χ3n) is 2.57. The zero-order valence-electron chi connectivity index (χ0n) is 8.68. The highest BCUT2D eigenvalue weighted by molar-refractivity contribution is 5.43. The fraction of sp³-hybridized carbons (Fsp3) is 0.556. The molecule has 3 N–H and O–H groups in total. The SMILES string of the molecule is COC1CCN(c2ccnc(NN)n2)C1. The van der Waals surface area contributed by atoms with Crippen molar-refractivity contribution in [2.45, 2.75) is 12.5 Å². The highest BCUT2D eigenvalue weighted by Crippen LogP contribution is 2.19. The van der Waals surface area contributed by atoms with E-state index in [9.17, 15) is 0 Å². The quantitative estimate of drug-likeness (QED) is 0.538. The van der Waals surface area contributed by atoms with Crippen LogP contribution in [0, 0.1) is 0 Å².